The minimum Gasteiger partial charge on any atom is -0.444 e. The Labute approximate surface area is 114 Å². The van der Waals surface area contributed by atoms with Crippen LogP contribution < -0.4 is 5.32 Å². The summed E-state index contributed by atoms with van der Waals surface area (Å²) < 4.78 is 5.41. The molecule has 104 valence electrons. The van der Waals surface area contributed by atoms with Crippen LogP contribution in [0.5, 0.6) is 0 Å². The molecule has 0 atom stereocenters. The Bertz CT molecular complexity index is 299. The van der Waals surface area contributed by atoms with E-state index in [9.17, 15) is 4.79 Å². The van der Waals surface area contributed by atoms with Crippen LogP contribution in [0.25, 0.3) is 0 Å². The summed E-state index contributed by atoms with van der Waals surface area (Å²) in [5.41, 5.74) is -0.399. The summed E-state index contributed by atoms with van der Waals surface area (Å²) in [7, 11) is 0. The van der Waals surface area contributed by atoms with Gasteiger partial charge in [0.2, 0.25) is 0 Å². The Hall–Kier alpha value is -0.420. The number of carbonyl (C=O) groups is 1. The van der Waals surface area contributed by atoms with Gasteiger partial charge in [-0.05, 0) is 52.3 Å². The van der Waals surface area contributed by atoms with Gasteiger partial charge in [-0.2, -0.15) is 0 Å². The lowest BCUT2D eigenvalue weighted by atomic mass is 10.0. The standard InChI is InChI=1S/C13H24N2O2S/c1-12(2,3)17-11(16)15-8-5-13(6-9-15)14-7-4-10-18-13/h14H,4-10H2,1-3H3. The van der Waals surface area contributed by atoms with Crippen LogP contribution in [0.3, 0.4) is 0 Å². The predicted octanol–water partition coefficient (Wildman–Crippen LogP) is 2.44. The van der Waals surface area contributed by atoms with Crippen molar-refractivity contribution in [1.29, 1.82) is 0 Å². The van der Waals surface area contributed by atoms with Gasteiger partial charge in [0.05, 0.1) is 4.87 Å². The zero-order chi connectivity index (χ0) is 13.2. The molecule has 1 N–H and O–H groups in total. The molecule has 2 heterocycles. The van der Waals surface area contributed by atoms with Crippen LogP contribution in [0.1, 0.15) is 40.0 Å². The molecule has 18 heavy (non-hydrogen) atoms. The minimum absolute atomic E-state index is 0.168. The van der Waals surface area contributed by atoms with E-state index in [0.717, 1.165) is 32.5 Å². The van der Waals surface area contributed by atoms with Gasteiger partial charge in [-0.3, -0.25) is 0 Å². The number of amides is 1. The van der Waals surface area contributed by atoms with Crippen LogP contribution in [-0.4, -0.2) is 46.9 Å². The fourth-order valence-corrected chi connectivity index (χ4v) is 3.76. The first kappa shape index (κ1) is 14.0. The topological polar surface area (TPSA) is 41.6 Å². The van der Waals surface area contributed by atoms with Crippen molar-refractivity contribution in [1.82, 2.24) is 10.2 Å². The Balaban J connectivity index is 1.84. The molecule has 0 aromatic rings. The number of likely N-dealkylation sites (tertiary alicyclic amines) is 1. The van der Waals surface area contributed by atoms with Gasteiger partial charge in [0, 0.05) is 13.1 Å². The maximum atomic E-state index is 12.0. The molecular formula is C13H24N2O2S. The lowest BCUT2D eigenvalue weighted by Crippen LogP contribution is -2.54. The van der Waals surface area contributed by atoms with Crippen LogP contribution in [0.2, 0.25) is 0 Å². The Kier molecular flexibility index (Phi) is 4.11. The molecule has 1 amide bonds. The molecule has 1 spiro atoms. The highest BCUT2D eigenvalue weighted by molar-refractivity contribution is 8.00. The van der Waals surface area contributed by atoms with Gasteiger partial charge in [-0.1, -0.05) is 0 Å². The second-order valence-electron chi connectivity index (χ2n) is 6.09. The van der Waals surface area contributed by atoms with Gasteiger partial charge in [-0.25, -0.2) is 4.79 Å². The van der Waals surface area contributed by atoms with Gasteiger partial charge < -0.3 is 15.0 Å². The van der Waals surface area contributed by atoms with E-state index in [-0.39, 0.29) is 11.0 Å². The van der Waals surface area contributed by atoms with Crippen LogP contribution in [-0.2, 0) is 4.74 Å². The molecule has 0 saturated carbocycles. The average Bonchev–Trinajstić information content (AvgIpc) is 2.28. The van der Waals surface area contributed by atoms with Crippen molar-refractivity contribution in [3.63, 3.8) is 0 Å². The molecule has 2 fully saturated rings. The fraction of sp³-hybridized carbons (Fsp3) is 0.923. The molecule has 4 nitrogen and oxygen atoms in total. The fourth-order valence-electron chi connectivity index (χ4n) is 2.41. The van der Waals surface area contributed by atoms with Crippen molar-refractivity contribution < 1.29 is 9.53 Å². The second kappa shape index (κ2) is 5.29. The first-order valence-electron chi connectivity index (χ1n) is 6.77. The number of nitrogens with zero attached hydrogens (tertiary/aromatic N) is 1. The Morgan fingerprint density at radius 3 is 2.50 bits per heavy atom. The quantitative estimate of drug-likeness (QED) is 0.735. The van der Waals surface area contributed by atoms with Crippen molar-refractivity contribution in [2.75, 3.05) is 25.4 Å². The Morgan fingerprint density at radius 2 is 2.00 bits per heavy atom. The molecule has 2 rings (SSSR count). The molecule has 0 aromatic heterocycles. The molecule has 0 aliphatic carbocycles. The number of nitrogens with one attached hydrogen (secondary N) is 1. The van der Waals surface area contributed by atoms with Gasteiger partial charge in [0.15, 0.2) is 0 Å². The molecule has 0 unspecified atom stereocenters. The summed E-state index contributed by atoms with van der Waals surface area (Å²) in [6.07, 6.45) is 3.13. The van der Waals surface area contributed by atoms with Crippen molar-refractivity contribution in [3.05, 3.63) is 0 Å². The van der Waals surface area contributed by atoms with E-state index in [4.69, 9.17) is 4.74 Å². The number of rotatable bonds is 0. The van der Waals surface area contributed by atoms with Gasteiger partial charge in [-0.15, -0.1) is 11.8 Å². The molecule has 0 aromatic carbocycles. The SMILES string of the molecule is CC(C)(C)OC(=O)N1CCC2(CC1)NCCCS2. The molecule has 5 heteroatoms. The minimum atomic E-state index is -0.399. The summed E-state index contributed by atoms with van der Waals surface area (Å²) in [5, 5.41) is 3.63. The van der Waals surface area contributed by atoms with Gasteiger partial charge >= 0.3 is 6.09 Å². The zero-order valence-corrected chi connectivity index (χ0v) is 12.4. The molecule has 0 bridgehead atoms. The number of hydrogen-bond donors (Lipinski definition) is 1. The van der Waals surface area contributed by atoms with Crippen LogP contribution in [0, 0.1) is 0 Å². The number of carbonyl (C=O) groups excluding carboxylic acids is 1. The van der Waals surface area contributed by atoms with E-state index in [0.29, 0.717) is 0 Å². The smallest absolute Gasteiger partial charge is 0.410 e. The van der Waals surface area contributed by atoms with E-state index in [2.05, 4.69) is 5.32 Å². The van der Waals surface area contributed by atoms with Crippen LogP contribution >= 0.6 is 11.8 Å². The third-order valence-electron chi connectivity index (χ3n) is 3.37. The van der Waals surface area contributed by atoms with E-state index >= 15 is 0 Å². The van der Waals surface area contributed by atoms with Crippen molar-refractivity contribution in [2.45, 2.75) is 50.5 Å². The van der Waals surface area contributed by atoms with Crippen molar-refractivity contribution in [2.24, 2.45) is 0 Å². The third kappa shape index (κ3) is 3.54. The molecular weight excluding hydrogens is 248 g/mol. The number of piperidine rings is 1. The van der Waals surface area contributed by atoms with Gasteiger partial charge in [0.25, 0.3) is 0 Å². The summed E-state index contributed by atoms with van der Waals surface area (Å²) in [6.45, 7) is 8.45. The zero-order valence-electron chi connectivity index (χ0n) is 11.6. The number of hydrogen-bond acceptors (Lipinski definition) is 4. The Morgan fingerprint density at radius 1 is 1.33 bits per heavy atom. The lowest BCUT2D eigenvalue weighted by Gasteiger charge is -2.44. The first-order valence-corrected chi connectivity index (χ1v) is 7.76. The maximum absolute atomic E-state index is 12.0. The van der Waals surface area contributed by atoms with Gasteiger partial charge in [0.1, 0.15) is 5.60 Å². The summed E-state index contributed by atoms with van der Waals surface area (Å²) in [6, 6.07) is 0. The van der Waals surface area contributed by atoms with E-state index in [1.165, 1.54) is 12.2 Å². The van der Waals surface area contributed by atoms with E-state index in [1.54, 1.807) is 0 Å². The van der Waals surface area contributed by atoms with E-state index in [1.807, 2.05) is 37.4 Å². The van der Waals surface area contributed by atoms with Crippen LogP contribution in [0.15, 0.2) is 0 Å². The highest BCUT2D eigenvalue weighted by Crippen LogP contribution is 2.36. The number of thioether (sulfide) groups is 1. The molecule has 0 radical (unpaired) electrons. The average molecular weight is 272 g/mol. The predicted molar refractivity (Wildman–Crippen MR) is 74.8 cm³/mol. The van der Waals surface area contributed by atoms with Crippen molar-refractivity contribution >= 4 is 17.9 Å². The molecule has 2 saturated heterocycles. The summed E-state index contributed by atoms with van der Waals surface area (Å²) >= 11 is 2.02. The van der Waals surface area contributed by atoms with Crippen LogP contribution in [0.4, 0.5) is 4.79 Å². The summed E-state index contributed by atoms with van der Waals surface area (Å²) in [4.78, 5) is 14.0. The highest BCUT2D eigenvalue weighted by atomic mass is 32.2. The third-order valence-corrected chi connectivity index (χ3v) is 4.97. The maximum Gasteiger partial charge on any atom is 0.410 e. The molecule has 2 aliphatic heterocycles. The van der Waals surface area contributed by atoms with Crippen molar-refractivity contribution in [3.8, 4) is 0 Å². The highest BCUT2D eigenvalue weighted by Gasteiger charge is 2.38. The first-order chi connectivity index (χ1) is 8.40. The van der Waals surface area contributed by atoms with E-state index < -0.39 is 5.60 Å². The second-order valence-corrected chi connectivity index (χ2v) is 7.57. The number of ether oxygens (including phenoxy) is 1. The lowest BCUT2D eigenvalue weighted by molar-refractivity contribution is 0.0187. The normalized spacial score (nSPS) is 24.1. The molecule has 2 aliphatic rings. The monoisotopic (exact) mass is 272 g/mol. The summed E-state index contributed by atoms with van der Waals surface area (Å²) in [5.74, 6) is 1.24. The largest absolute Gasteiger partial charge is 0.444 e.